The molecule has 2 aromatic heterocycles. The van der Waals surface area contributed by atoms with E-state index in [1.165, 1.54) is 46.6 Å². The average molecular weight is 665 g/mol. The first-order valence-electron chi connectivity index (χ1n) is 14.9. The highest BCUT2D eigenvalue weighted by molar-refractivity contribution is 7.07. The number of alkyl halides is 3. The van der Waals surface area contributed by atoms with E-state index in [9.17, 15) is 18.0 Å². The van der Waals surface area contributed by atoms with E-state index in [1.807, 2.05) is 73.2 Å². The largest absolute Gasteiger partial charge is 0.573 e. The highest BCUT2D eigenvalue weighted by atomic mass is 32.1. The third-order valence-corrected chi connectivity index (χ3v) is 8.74. The molecule has 0 aliphatic carbocycles. The summed E-state index contributed by atoms with van der Waals surface area (Å²) in [4.78, 5) is 22.5. The van der Waals surface area contributed by atoms with Gasteiger partial charge >= 0.3 is 12.4 Å². The number of ether oxygens (including phenoxy) is 2. The monoisotopic (exact) mass is 664 g/mol. The molecular formula is C34H35F3N6O3S. The number of rotatable bonds is 9. The predicted octanol–water partition coefficient (Wildman–Crippen LogP) is 7.93. The van der Waals surface area contributed by atoms with Crippen LogP contribution in [0.15, 0.2) is 83.4 Å². The molecule has 0 saturated heterocycles. The fraction of sp³-hybridized carbons (Fsp3) is 0.294. The minimum absolute atomic E-state index is 0.0331. The Hall–Kier alpha value is -4.91. The maximum absolute atomic E-state index is 13.1. The standard InChI is InChI=1S/C34H35F3N6O3S/c1-20(2)29-16-15-28(45-6)17-30(29)43-21(3)18-47-33(43)40-32(44)39-23(5)22(4)24-7-9-25(10-8-24)31-38-19-42(41-31)26-11-13-27(14-12-26)46-34(35,36)37/h7-20,22-23H,1-6H3,(H,39,44). The van der Waals surface area contributed by atoms with Crippen molar-refractivity contribution in [1.82, 2.24) is 24.6 Å². The van der Waals surface area contributed by atoms with Gasteiger partial charge in [-0.15, -0.1) is 29.6 Å². The van der Waals surface area contributed by atoms with Gasteiger partial charge < -0.3 is 14.8 Å². The number of aromatic nitrogens is 4. The molecule has 13 heteroatoms. The van der Waals surface area contributed by atoms with E-state index >= 15 is 0 Å². The second kappa shape index (κ2) is 13.8. The van der Waals surface area contributed by atoms with Crippen LogP contribution in [0.5, 0.6) is 11.5 Å². The van der Waals surface area contributed by atoms with Crippen molar-refractivity contribution in [3.8, 4) is 34.3 Å². The molecule has 3 aromatic carbocycles. The molecule has 5 rings (SSSR count). The Bertz CT molecular complexity index is 1910. The molecule has 2 unspecified atom stereocenters. The molecule has 246 valence electrons. The van der Waals surface area contributed by atoms with Gasteiger partial charge in [0, 0.05) is 34.7 Å². The summed E-state index contributed by atoms with van der Waals surface area (Å²) in [6.07, 6.45) is -3.27. The molecule has 2 atom stereocenters. The van der Waals surface area contributed by atoms with E-state index in [2.05, 4.69) is 39.0 Å². The van der Waals surface area contributed by atoms with Gasteiger partial charge in [-0.1, -0.05) is 51.1 Å². The van der Waals surface area contributed by atoms with Crippen LogP contribution in [0.25, 0.3) is 22.8 Å². The Balaban J connectivity index is 1.27. The number of methoxy groups -OCH3 is 1. The van der Waals surface area contributed by atoms with Crippen LogP contribution in [0.3, 0.4) is 0 Å². The zero-order chi connectivity index (χ0) is 33.9. The van der Waals surface area contributed by atoms with Crippen molar-refractivity contribution in [3.63, 3.8) is 0 Å². The molecule has 0 aliphatic heterocycles. The van der Waals surface area contributed by atoms with Gasteiger partial charge in [-0.05, 0) is 61.2 Å². The molecule has 0 spiro atoms. The summed E-state index contributed by atoms with van der Waals surface area (Å²) in [5.74, 6) is 1.09. The molecule has 0 aliphatic rings. The SMILES string of the molecule is COc1ccc(C(C)C)c(-n2c(C)csc2=NC(=O)NC(C)C(C)c2ccc(-c3ncn(-c4ccc(OC(F)(F)F)cc4)n3)cc2)c1. The summed E-state index contributed by atoms with van der Waals surface area (Å²) >= 11 is 1.40. The molecule has 0 radical (unpaired) electrons. The van der Waals surface area contributed by atoms with Crippen LogP contribution in [-0.2, 0) is 0 Å². The number of thiazole rings is 1. The third-order valence-electron chi connectivity index (χ3n) is 7.80. The first-order chi connectivity index (χ1) is 22.3. The van der Waals surface area contributed by atoms with E-state index in [0.29, 0.717) is 16.3 Å². The fourth-order valence-electron chi connectivity index (χ4n) is 5.08. The molecule has 0 fully saturated rings. The van der Waals surface area contributed by atoms with Gasteiger partial charge in [0.1, 0.15) is 17.8 Å². The first-order valence-corrected chi connectivity index (χ1v) is 15.8. The number of urea groups is 1. The number of carbonyl (C=O) groups excluding carboxylic acids is 1. The maximum Gasteiger partial charge on any atom is 0.573 e. The molecule has 2 amide bonds. The van der Waals surface area contributed by atoms with Gasteiger partial charge in [0.15, 0.2) is 10.6 Å². The normalized spacial score (nSPS) is 13.4. The van der Waals surface area contributed by atoms with Gasteiger partial charge in [0.25, 0.3) is 0 Å². The summed E-state index contributed by atoms with van der Waals surface area (Å²) in [5.41, 5.74) is 5.31. The lowest BCUT2D eigenvalue weighted by Crippen LogP contribution is -2.35. The second-order valence-electron chi connectivity index (χ2n) is 11.4. The Morgan fingerprint density at radius 1 is 0.979 bits per heavy atom. The maximum atomic E-state index is 13.1. The minimum Gasteiger partial charge on any atom is -0.497 e. The van der Waals surface area contributed by atoms with Crippen LogP contribution < -0.4 is 19.6 Å². The van der Waals surface area contributed by atoms with Crippen LogP contribution in [0.2, 0.25) is 0 Å². The van der Waals surface area contributed by atoms with Gasteiger partial charge in [-0.25, -0.2) is 14.5 Å². The number of nitrogens with zero attached hydrogens (tertiary/aromatic N) is 5. The lowest BCUT2D eigenvalue weighted by Gasteiger charge is -2.21. The molecule has 9 nitrogen and oxygen atoms in total. The topological polar surface area (TPSA) is 95.6 Å². The number of aryl methyl sites for hydroxylation is 1. The fourth-order valence-corrected chi connectivity index (χ4v) is 5.94. The minimum atomic E-state index is -4.76. The molecule has 0 saturated carbocycles. The molecule has 5 aromatic rings. The quantitative estimate of drug-likeness (QED) is 0.173. The molecule has 47 heavy (non-hydrogen) atoms. The smallest absolute Gasteiger partial charge is 0.497 e. The summed E-state index contributed by atoms with van der Waals surface area (Å²) in [6.45, 7) is 10.2. The zero-order valence-electron chi connectivity index (χ0n) is 26.7. The van der Waals surface area contributed by atoms with Crippen molar-refractivity contribution < 1.29 is 27.4 Å². The van der Waals surface area contributed by atoms with Crippen LogP contribution >= 0.6 is 11.3 Å². The van der Waals surface area contributed by atoms with Crippen LogP contribution in [0.1, 0.15) is 56.4 Å². The van der Waals surface area contributed by atoms with Gasteiger partial charge in [-0.2, -0.15) is 4.99 Å². The number of hydrogen-bond acceptors (Lipinski definition) is 6. The van der Waals surface area contributed by atoms with E-state index in [0.717, 1.165) is 33.8 Å². The van der Waals surface area contributed by atoms with E-state index in [-0.39, 0.29) is 23.6 Å². The first kappa shape index (κ1) is 33.5. The van der Waals surface area contributed by atoms with Crippen LogP contribution in [0, 0.1) is 6.92 Å². The Morgan fingerprint density at radius 2 is 1.66 bits per heavy atom. The zero-order valence-corrected chi connectivity index (χ0v) is 27.6. The van der Waals surface area contributed by atoms with Crippen molar-refractivity contribution in [2.24, 2.45) is 4.99 Å². The second-order valence-corrected chi connectivity index (χ2v) is 12.2. The van der Waals surface area contributed by atoms with Crippen LogP contribution in [0.4, 0.5) is 18.0 Å². The third kappa shape index (κ3) is 7.91. The summed E-state index contributed by atoms with van der Waals surface area (Å²) in [6, 6.07) is 18.3. The van der Waals surface area contributed by atoms with E-state index in [1.54, 1.807) is 7.11 Å². The average Bonchev–Trinajstić information content (AvgIpc) is 3.67. The molecular weight excluding hydrogens is 629 g/mol. The number of hydrogen-bond donors (Lipinski definition) is 1. The number of carbonyl (C=O) groups is 1. The molecule has 0 bridgehead atoms. The summed E-state index contributed by atoms with van der Waals surface area (Å²) < 4.78 is 50.2. The molecule has 1 N–H and O–H groups in total. The Kier molecular flexibility index (Phi) is 9.85. The summed E-state index contributed by atoms with van der Waals surface area (Å²) in [5, 5.41) is 9.46. The number of benzene rings is 3. The molecule has 2 heterocycles. The number of nitrogens with one attached hydrogen (secondary N) is 1. The van der Waals surface area contributed by atoms with Crippen molar-refractivity contribution in [3.05, 3.63) is 100 Å². The van der Waals surface area contributed by atoms with Crippen molar-refractivity contribution in [1.29, 1.82) is 0 Å². The lowest BCUT2D eigenvalue weighted by atomic mass is 9.93. The van der Waals surface area contributed by atoms with Gasteiger partial charge in [0.2, 0.25) is 0 Å². The number of amides is 2. The van der Waals surface area contributed by atoms with Gasteiger partial charge in [-0.3, -0.25) is 4.57 Å². The van der Waals surface area contributed by atoms with Crippen molar-refractivity contribution in [2.75, 3.05) is 7.11 Å². The van der Waals surface area contributed by atoms with Crippen molar-refractivity contribution >= 4 is 17.4 Å². The van der Waals surface area contributed by atoms with Gasteiger partial charge in [0.05, 0.1) is 18.5 Å². The van der Waals surface area contributed by atoms with Crippen LogP contribution in [-0.4, -0.2) is 44.9 Å². The Morgan fingerprint density at radius 3 is 2.30 bits per heavy atom. The number of halogens is 3. The summed E-state index contributed by atoms with van der Waals surface area (Å²) in [7, 11) is 1.63. The highest BCUT2D eigenvalue weighted by Gasteiger charge is 2.31. The van der Waals surface area contributed by atoms with E-state index in [4.69, 9.17) is 4.74 Å². The predicted molar refractivity (Wildman–Crippen MR) is 174 cm³/mol. The lowest BCUT2D eigenvalue weighted by molar-refractivity contribution is -0.274. The Labute approximate surface area is 274 Å². The van der Waals surface area contributed by atoms with Crippen molar-refractivity contribution in [2.45, 2.75) is 58.9 Å². The van der Waals surface area contributed by atoms with E-state index < -0.39 is 12.4 Å². The highest BCUT2D eigenvalue weighted by Crippen LogP contribution is 2.29.